The Morgan fingerprint density at radius 3 is 2.38 bits per heavy atom. The monoisotopic (exact) mass is 346 g/mol. The maximum atomic E-state index is 12.7. The van der Waals surface area contributed by atoms with E-state index in [9.17, 15) is 10.1 Å². The van der Waals surface area contributed by atoms with Gasteiger partial charge in [-0.1, -0.05) is 30.3 Å². The van der Waals surface area contributed by atoms with Crippen LogP contribution in [0.2, 0.25) is 0 Å². The average Bonchev–Trinajstić information content (AvgIpc) is 3.08. The lowest BCUT2D eigenvalue weighted by atomic mass is 10.1. The van der Waals surface area contributed by atoms with Crippen molar-refractivity contribution in [2.24, 2.45) is 0 Å². The van der Waals surface area contributed by atoms with Gasteiger partial charge in [0.05, 0.1) is 13.7 Å². The van der Waals surface area contributed by atoms with E-state index in [4.69, 9.17) is 9.47 Å². The zero-order valence-corrected chi connectivity index (χ0v) is 14.6. The van der Waals surface area contributed by atoms with E-state index in [1.165, 1.54) is 0 Å². The van der Waals surface area contributed by atoms with E-state index in [-0.39, 0.29) is 6.61 Å². The molecule has 0 saturated heterocycles. The van der Waals surface area contributed by atoms with Gasteiger partial charge < -0.3 is 9.47 Å². The molecular weight excluding hydrogens is 328 g/mol. The second kappa shape index (κ2) is 7.58. The molecule has 1 aromatic heterocycles. The fourth-order valence-electron chi connectivity index (χ4n) is 2.83. The summed E-state index contributed by atoms with van der Waals surface area (Å²) in [4.78, 5) is 12.7. The van der Waals surface area contributed by atoms with Crippen molar-refractivity contribution in [3.05, 3.63) is 72.1 Å². The number of nitriles is 1. The molecule has 26 heavy (non-hydrogen) atoms. The summed E-state index contributed by atoms with van der Waals surface area (Å²) < 4.78 is 12.1. The summed E-state index contributed by atoms with van der Waals surface area (Å²) in [5.41, 5.74) is 2.89. The van der Waals surface area contributed by atoms with E-state index in [1.54, 1.807) is 48.9 Å². The lowest BCUT2D eigenvalue weighted by Gasteiger charge is -2.12. The van der Waals surface area contributed by atoms with Gasteiger partial charge in [0.2, 0.25) is 0 Å². The van der Waals surface area contributed by atoms with Gasteiger partial charge in [0.15, 0.2) is 0 Å². The second-order valence-electron chi connectivity index (χ2n) is 5.52. The van der Waals surface area contributed by atoms with Crippen molar-refractivity contribution in [3.63, 3.8) is 0 Å². The number of aromatic nitrogens is 1. The van der Waals surface area contributed by atoms with E-state index >= 15 is 0 Å². The molecule has 2 aromatic carbocycles. The Bertz CT molecular complexity index is 951. The third kappa shape index (κ3) is 3.17. The van der Waals surface area contributed by atoms with Gasteiger partial charge >= 0.3 is 5.97 Å². The zero-order chi connectivity index (χ0) is 18.5. The smallest absolute Gasteiger partial charge is 0.355 e. The Balaban J connectivity index is 2.26. The quantitative estimate of drug-likeness (QED) is 0.650. The van der Waals surface area contributed by atoms with E-state index < -0.39 is 5.97 Å². The summed E-state index contributed by atoms with van der Waals surface area (Å²) in [7, 11) is 1.59. The van der Waals surface area contributed by atoms with Gasteiger partial charge in [0, 0.05) is 11.3 Å². The Kier molecular flexibility index (Phi) is 5.04. The van der Waals surface area contributed by atoms with Crippen LogP contribution in [0.4, 0.5) is 0 Å². The van der Waals surface area contributed by atoms with Gasteiger partial charge in [-0.3, -0.25) is 4.57 Å². The first-order valence-electron chi connectivity index (χ1n) is 8.22. The number of methoxy groups -OCH3 is 1. The van der Waals surface area contributed by atoms with E-state index in [0.29, 0.717) is 28.4 Å². The molecule has 0 unspecified atom stereocenters. The Hall–Kier alpha value is -3.52. The molecule has 0 atom stereocenters. The van der Waals surface area contributed by atoms with Gasteiger partial charge in [-0.15, -0.1) is 0 Å². The van der Waals surface area contributed by atoms with E-state index in [1.807, 2.05) is 30.3 Å². The molecule has 5 nitrogen and oxygen atoms in total. The number of carbonyl (C=O) groups excluding carboxylic acids is 1. The molecule has 1 heterocycles. The topological polar surface area (TPSA) is 64.2 Å². The van der Waals surface area contributed by atoms with Gasteiger partial charge in [0.1, 0.15) is 23.2 Å². The van der Waals surface area contributed by atoms with Crippen LogP contribution >= 0.6 is 0 Å². The summed E-state index contributed by atoms with van der Waals surface area (Å²) >= 11 is 0. The maximum Gasteiger partial charge on any atom is 0.355 e. The van der Waals surface area contributed by atoms with Crippen molar-refractivity contribution in [2.75, 3.05) is 13.7 Å². The Labute approximate surface area is 152 Å². The molecule has 5 heteroatoms. The largest absolute Gasteiger partial charge is 0.497 e. The second-order valence-corrected chi connectivity index (χ2v) is 5.52. The highest BCUT2D eigenvalue weighted by Gasteiger charge is 2.24. The van der Waals surface area contributed by atoms with Crippen LogP contribution in [0.25, 0.3) is 16.8 Å². The van der Waals surface area contributed by atoms with Crippen LogP contribution in [0.5, 0.6) is 5.75 Å². The first-order valence-corrected chi connectivity index (χ1v) is 8.22. The number of hydrogen-bond acceptors (Lipinski definition) is 4. The zero-order valence-electron chi connectivity index (χ0n) is 14.6. The first kappa shape index (κ1) is 17.3. The van der Waals surface area contributed by atoms with Gasteiger partial charge in [-0.2, -0.15) is 5.26 Å². The number of benzene rings is 2. The first-order chi connectivity index (χ1) is 12.7. The maximum absolute atomic E-state index is 12.7. The van der Waals surface area contributed by atoms with Crippen molar-refractivity contribution in [3.8, 4) is 28.6 Å². The van der Waals surface area contributed by atoms with E-state index in [2.05, 4.69) is 6.07 Å². The molecule has 0 radical (unpaired) electrons. The lowest BCUT2D eigenvalue weighted by molar-refractivity contribution is 0.0518. The average molecular weight is 346 g/mol. The predicted octanol–water partition coefficient (Wildman–Crippen LogP) is 4.20. The lowest BCUT2D eigenvalue weighted by Crippen LogP contribution is -2.13. The fraction of sp³-hybridized carbons (Fsp3) is 0.143. The Morgan fingerprint density at radius 1 is 1.12 bits per heavy atom. The molecule has 0 spiro atoms. The van der Waals surface area contributed by atoms with Crippen molar-refractivity contribution >= 4 is 5.97 Å². The predicted molar refractivity (Wildman–Crippen MR) is 98.4 cm³/mol. The SMILES string of the molecule is CCOC(=O)c1c(-c2ccccc2)cc(C#N)n1-c1ccc(OC)cc1. The van der Waals surface area contributed by atoms with Crippen LogP contribution < -0.4 is 4.74 Å². The molecule has 130 valence electrons. The van der Waals surface area contributed by atoms with Crippen LogP contribution in [-0.2, 0) is 4.74 Å². The number of rotatable bonds is 5. The van der Waals surface area contributed by atoms with Crippen molar-refractivity contribution in [1.82, 2.24) is 4.57 Å². The summed E-state index contributed by atoms with van der Waals surface area (Å²) in [6.07, 6.45) is 0. The molecule has 0 fully saturated rings. The minimum absolute atomic E-state index is 0.253. The molecule has 0 aliphatic carbocycles. The summed E-state index contributed by atoms with van der Waals surface area (Å²) in [6.45, 7) is 2.01. The standard InChI is InChI=1S/C21H18N2O3/c1-3-26-21(24)20-19(15-7-5-4-6-8-15)13-17(14-22)23(20)16-9-11-18(25-2)12-10-16/h4-13H,3H2,1-2H3. The highest BCUT2D eigenvalue weighted by Crippen LogP contribution is 2.31. The minimum atomic E-state index is -0.469. The van der Waals surface area contributed by atoms with Gasteiger partial charge in [-0.25, -0.2) is 4.79 Å². The molecule has 0 N–H and O–H groups in total. The van der Waals surface area contributed by atoms with Crippen LogP contribution in [-0.4, -0.2) is 24.3 Å². The summed E-state index contributed by atoms with van der Waals surface area (Å²) in [5, 5.41) is 9.63. The van der Waals surface area contributed by atoms with Gasteiger partial charge in [-0.05, 0) is 42.8 Å². The van der Waals surface area contributed by atoms with Crippen LogP contribution in [0.3, 0.4) is 0 Å². The number of nitrogens with zero attached hydrogens (tertiary/aromatic N) is 2. The summed E-state index contributed by atoms with van der Waals surface area (Å²) in [5.74, 6) is 0.226. The van der Waals surface area contributed by atoms with Gasteiger partial charge in [0.25, 0.3) is 0 Å². The third-order valence-corrected chi connectivity index (χ3v) is 4.00. The minimum Gasteiger partial charge on any atom is -0.497 e. The van der Waals surface area contributed by atoms with Crippen LogP contribution in [0.15, 0.2) is 60.7 Å². The summed E-state index contributed by atoms with van der Waals surface area (Å²) in [6, 6.07) is 20.5. The van der Waals surface area contributed by atoms with Crippen molar-refractivity contribution < 1.29 is 14.3 Å². The normalized spacial score (nSPS) is 10.2. The molecule has 0 aliphatic heterocycles. The number of ether oxygens (including phenoxy) is 2. The molecule has 0 saturated carbocycles. The van der Waals surface area contributed by atoms with Crippen LogP contribution in [0.1, 0.15) is 23.1 Å². The molecule has 0 bridgehead atoms. The molecule has 0 amide bonds. The Morgan fingerprint density at radius 2 is 1.81 bits per heavy atom. The molecule has 3 aromatic rings. The highest BCUT2D eigenvalue weighted by molar-refractivity contribution is 5.97. The molecule has 0 aliphatic rings. The van der Waals surface area contributed by atoms with Crippen molar-refractivity contribution in [1.29, 1.82) is 5.26 Å². The van der Waals surface area contributed by atoms with Crippen molar-refractivity contribution in [2.45, 2.75) is 6.92 Å². The highest BCUT2D eigenvalue weighted by atomic mass is 16.5. The number of esters is 1. The number of hydrogen-bond donors (Lipinski definition) is 0. The van der Waals surface area contributed by atoms with E-state index in [0.717, 1.165) is 5.56 Å². The van der Waals surface area contributed by atoms with Crippen LogP contribution in [0, 0.1) is 11.3 Å². The third-order valence-electron chi connectivity index (χ3n) is 4.00. The fourth-order valence-corrected chi connectivity index (χ4v) is 2.83. The molecular formula is C21H18N2O3. The number of carbonyl (C=O) groups is 1. The molecule has 3 rings (SSSR count).